The van der Waals surface area contributed by atoms with E-state index in [1.165, 1.54) is 0 Å². The third-order valence-electron chi connectivity index (χ3n) is 4.00. The molecule has 0 atom stereocenters. The molecular formula is C16H26Cl6N2. The van der Waals surface area contributed by atoms with Crippen molar-refractivity contribution in [2.24, 2.45) is 0 Å². The van der Waals surface area contributed by atoms with Gasteiger partial charge in [0.05, 0.1) is 20.1 Å². The molecule has 0 aliphatic heterocycles. The van der Waals surface area contributed by atoms with Gasteiger partial charge in [-0.2, -0.15) is 0 Å². The van der Waals surface area contributed by atoms with Gasteiger partial charge < -0.3 is 0 Å². The van der Waals surface area contributed by atoms with Crippen LogP contribution in [0.5, 0.6) is 0 Å². The molecule has 1 aromatic rings. The minimum Gasteiger partial charge on any atom is -0.300 e. The molecule has 8 heteroatoms. The topological polar surface area (TPSA) is 6.48 Å². The molecule has 0 heterocycles. The molecule has 0 aromatic heterocycles. The number of nitrogens with zero attached hydrogens (tertiary/aromatic N) is 2. The highest BCUT2D eigenvalue weighted by Crippen LogP contribution is 2.42. The van der Waals surface area contributed by atoms with E-state index in [0.29, 0.717) is 33.2 Å². The zero-order valence-electron chi connectivity index (χ0n) is 14.5. The van der Waals surface area contributed by atoms with Crippen LogP contribution in [0.25, 0.3) is 0 Å². The van der Waals surface area contributed by atoms with Gasteiger partial charge in [-0.1, -0.05) is 74.1 Å². The fourth-order valence-corrected chi connectivity index (χ4v) is 3.51. The number of halogens is 6. The average Bonchev–Trinajstić information content (AvgIpc) is 2.54. The lowest BCUT2D eigenvalue weighted by Gasteiger charge is -2.24. The number of hydrogen-bond donors (Lipinski definition) is 0. The summed E-state index contributed by atoms with van der Waals surface area (Å²) in [6.45, 7) is 13.4. The van der Waals surface area contributed by atoms with Crippen molar-refractivity contribution in [3.8, 4) is 0 Å². The van der Waals surface area contributed by atoms with Crippen LogP contribution in [0.15, 0.2) is 0 Å². The van der Waals surface area contributed by atoms with Gasteiger partial charge in [0.2, 0.25) is 0 Å². The second kappa shape index (κ2) is 13.1. The van der Waals surface area contributed by atoms with Gasteiger partial charge in [0.15, 0.2) is 0 Å². The van der Waals surface area contributed by atoms with Crippen molar-refractivity contribution < 1.29 is 0 Å². The number of benzene rings is 1. The maximum Gasteiger partial charge on any atom is 0.0656 e. The standard InChI is InChI=1S/C16H24Cl4N2.2ClH/c1-5-21(6-2)9-11-13(17)15(19)12(16(20)14(11)18)10-22(7-3)8-4;;/h5-10H2,1-4H3;2*1H. The predicted molar refractivity (Wildman–Crippen MR) is 114 cm³/mol. The zero-order valence-corrected chi connectivity index (χ0v) is 19.1. The predicted octanol–water partition coefficient (Wildman–Crippen LogP) is 6.83. The molecule has 2 nitrogen and oxygen atoms in total. The van der Waals surface area contributed by atoms with Crippen LogP contribution in [0.2, 0.25) is 20.1 Å². The molecule has 0 N–H and O–H groups in total. The van der Waals surface area contributed by atoms with Crippen LogP contribution in [0.3, 0.4) is 0 Å². The van der Waals surface area contributed by atoms with E-state index in [4.69, 9.17) is 46.4 Å². The molecule has 0 bridgehead atoms. The van der Waals surface area contributed by atoms with Gasteiger partial charge in [0, 0.05) is 24.2 Å². The highest BCUT2D eigenvalue weighted by molar-refractivity contribution is 6.48. The Hall–Kier alpha value is 0.880. The molecule has 0 spiro atoms. The Morgan fingerprint density at radius 1 is 0.542 bits per heavy atom. The third-order valence-corrected chi connectivity index (χ3v) is 5.86. The summed E-state index contributed by atoms with van der Waals surface area (Å²) in [6.07, 6.45) is 0. The first-order chi connectivity index (χ1) is 10.4. The van der Waals surface area contributed by atoms with E-state index < -0.39 is 0 Å². The summed E-state index contributed by atoms with van der Waals surface area (Å²) in [6, 6.07) is 0. The van der Waals surface area contributed by atoms with E-state index in [2.05, 4.69) is 37.5 Å². The SMILES string of the molecule is CCN(CC)Cc1c(Cl)c(Cl)c(CN(CC)CC)c(Cl)c1Cl.Cl.Cl. The minimum atomic E-state index is 0. The molecule has 0 saturated heterocycles. The first kappa shape index (κ1) is 27.1. The quantitative estimate of drug-likeness (QED) is 0.394. The number of hydrogen-bond acceptors (Lipinski definition) is 2. The second-order valence-electron chi connectivity index (χ2n) is 5.14. The summed E-state index contributed by atoms with van der Waals surface area (Å²) in [5.74, 6) is 0. The summed E-state index contributed by atoms with van der Waals surface area (Å²) in [5, 5.41) is 2.07. The van der Waals surface area contributed by atoms with E-state index in [1.54, 1.807) is 0 Å². The third kappa shape index (κ3) is 6.55. The largest absolute Gasteiger partial charge is 0.300 e. The van der Waals surface area contributed by atoms with Crippen molar-refractivity contribution in [3.63, 3.8) is 0 Å². The van der Waals surface area contributed by atoms with Gasteiger partial charge in [0.25, 0.3) is 0 Å². The van der Waals surface area contributed by atoms with Gasteiger partial charge in [-0.3, -0.25) is 9.80 Å². The Morgan fingerprint density at radius 2 is 0.750 bits per heavy atom. The Balaban J connectivity index is 0. The lowest BCUT2D eigenvalue weighted by Crippen LogP contribution is -2.24. The van der Waals surface area contributed by atoms with Crippen molar-refractivity contribution in [3.05, 3.63) is 31.2 Å². The van der Waals surface area contributed by atoms with Crippen molar-refractivity contribution in [2.75, 3.05) is 26.2 Å². The van der Waals surface area contributed by atoms with Crippen LogP contribution in [0.4, 0.5) is 0 Å². The summed E-state index contributed by atoms with van der Waals surface area (Å²) < 4.78 is 0. The van der Waals surface area contributed by atoms with Gasteiger partial charge in [-0.15, -0.1) is 24.8 Å². The van der Waals surface area contributed by atoms with E-state index in [0.717, 1.165) is 37.3 Å². The first-order valence-electron chi connectivity index (χ1n) is 7.69. The molecule has 0 saturated carbocycles. The van der Waals surface area contributed by atoms with Gasteiger partial charge >= 0.3 is 0 Å². The van der Waals surface area contributed by atoms with Crippen molar-refractivity contribution in [1.29, 1.82) is 0 Å². The van der Waals surface area contributed by atoms with Gasteiger partial charge in [0.1, 0.15) is 0 Å². The Kier molecular flexibility index (Phi) is 14.8. The van der Waals surface area contributed by atoms with Crippen molar-refractivity contribution in [2.45, 2.75) is 40.8 Å². The molecule has 142 valence electrons. The normalized spacial score (nSPS) is 10.8. The molecule has 0 aliphatic rings. The Morgan fingerprint density at radius 3 is 0.917 bits per heavy atom. The van der Waals surface area contributed by atoms with Gasteiger partial charge in [-0.05, 0) is 26.2 Å². The fourth-order valence-electron chi connectivity index (χ4n) is 2.34. The Labute approximate surface area is 178 Å². The maximum atomic E-state index is 6.48. The van der Waals surface area contributed by atoms with Crippen molar-refractivity contribution in [1.82, 2.24) is 9.80 Å². The lowest BCUT2D eigenvalue weighted by molar-refractivity contribution is 0.293. The zero-order chi connectivity index (χ0) is 16.9. The summed E-state index contributed by atoms with van der Waals surface area (Å²) in [7, 11) is 0. The molecule has 0 aliphatic carbocycles. The van der Waals surface area contributed by atoms with Crippen LogP contribution in [0, 0.1) is 0 Å². The van der Waals surface area contributed by atoms with E-state index in [-0.39, 0.29) is 24.8 Å². The monoisotopic (exact) mass is 456 g/mol. The van der Waals surface area contributed by atoms with Crippen LogP contribution in [-0.4, -0.2) is 36.0 Å². The maximum absolute atomic E-state index is 6.48. The summed E-state index contributed by atoms with van der Waals surface area (Å²) in [4.78, 5) is 4.45. The Bertz CT molecular complexity index is 428. The van der Waals surface area contributed by atoms with E-state index >= 15 is 0 Å². The molecule has 0 unspecified atom stereocenters. The molecule has 0 fully saturated rings. The smallest absolute Gasteiger partial charge is 0.0656 e. The molecule has 1 rings (SSSR count). The fraction of sp³-hybridized carbons (Fsp3) is 0.625. The lowest BCUT2D eigenvalue weighted by atomic mass is 10.1. The van der Waals surface area contributed by atoms with Crippen molar-refractivity contribution >= 4 is 71.2 Å². The van der Waals surface area contributed by atoms with Crippen LogP contribution in [-0.2, 0) is 13.1 Å². The first-order valence-corrected chi connectivity index (χ1v) is 9.20. The highest BCUT2D eigenvalue weighted by Gasteiger charge is 2.22. The molecule has 0 amide bonds. The van der Waals surface area contributed by atoms with E-state index in [9.17, 15) is 0 Å². The molecule has 1 aromatic carbocycles. The van der Waals surface area contributed by atoms with Crippen LogP contribution in [0.1, 0.15) is 38.8 Å². The van der Waals surface area contributed by atoms with Gasteiger partial charge in [-0.25, -0.2) is 0 Å². The van der Waals surface area contributed by atoms with Crippen LogP contribution >= 0.6 is 71.2 Å². The molecule has 0 radical (unpaired) electrons. The minimum absolute atomic E-state index is 0. The second-order valence-corrected chi connectivity index (χ2v) is 6.65. The summed E-state index contributed by atoms with van der Waals surface area (Å²) >= 11 is 25.9. The highest BCUT2D eigenvalue weighted by atomic mass is 35.5. The van der Waals surface area contributed by atoms with E-state index in [1.807, 2.05) is 0 Å². The average molecular weight is 459 g/mol. The molecular weight excluding hydrogens is 433 g/mol. The number of rotatable bonds is 8. The summed E-state index contributed by atoms with van der Waals surface area (Å²) in [5.41, 5.74) is 1.62. The van der Waals surface area contributed by atoms with Crippen LogP contribution < -0.4 is 0 Å². The molecule has 24 heavy (non-hydrogen) atoms.